The normalized spacial score (nSPS) is 11.2. The van der Waals surface area contributed by atoms with Crippen molar-refractivity contribution < 1.29 is 4.74 Å². The van der Waals surface area contributed by atoms with Gasteiger partial charge in [0.25, 0.3) is 0 Å². The van der Waals surface area contributed by atoms with E-state index in [-0.39, 0.29) is 5.60 Å². The molecule has 0 atom stereocenters. The molecule has 0 saturated heterocycles. The lowest BCUT2D eigenvalue weighted by atomic mass is 9.98. The highest BCUT2D eigenvalue weighted by Crippen LogP contribution is 2.21. The van der Waals surface area contributed by atoms with Gasteiger partial charge in [0.05, 0.1) is 5.60 Å². The van der Waals surface area contributed by atoms with Crippen molar-refractivity contribution in [2.45, 2.75) is 45.1 Å². The van der Waals surface area contributed by atoms with E-state index in [1.54, 1.807) is 0 Å². The van der Waals surface area contributed by atoms with E-state index in [1.165, 1.54) is 6.42 Å². The van der Waals surface area contributed by atoms with Crippen LogP contribution < -0.4 is 0 Å². The van der Waals surface area contributed by atoms with Crippen LogP contribution in [-0.2, 0) is 4.74 Å². The van der Waals surface area contributed by atoms with Crippen molar-refractivity contribution in [3.05, 3.63) is 25.3 Å². The molecule has 0 heterocycles. The molecule has 0 bridgehead atoms. The molecule has 0 aromatic heterocycles. The third kappa shape index (κ3) is 5.64. The Hall–Kier alpha value is -0.560. The van der Waals surface area contributed by atoms with Crippen LogP contribution in [0.3, 0.4) is 0 Å². The minimum atomic E-state index is -0.0847. The number of rotatable bonds is 8. The molecule has 0 N–H and O–H groups in total. The molecule has 0 rings (SSSR count). The standard InChI is InChI=1S/C12H22O/c1-5-8-11-13-12(4,9-6-2)10-7-3/h6-7H,2-3,5,8-11H2,1,4H3. The zero-order valence-corrected chi connectivity index (χ0v) is 9.01. The summed E-state index contributed by atoms with van der Waals surface area (Å²) < 4.78 is 5.81. The molecule has 0 aliphatic rings. The molecule has 1 heteroatoms. The Labute approximate surface area is 82.5 Å². The Kier molecular flexibility index (Phi) is 6.61. The topological polar surface area (TPSA) is 9.23 Å². The van der Waals surface area contributed by atoms with Crippen LogP contribution in [0.15, 0.2) is 25.3 Å². The second kappa shape index (κ2) is 6.90. The summed E-state index contributed by atoms with van der Waals surface area (Å²) in [4.78, 5) is 0. The van der Waals surface area contributed by atoms with Gasteiger partial charge in [0.15, 0.2) is 0 Å². The quantitative estimate of drug-likeness (QED) is 0.410. The largest absolute Gasteiger partial charge is 0.375 e. The number of ether oxygens (including phenoxy) is 1. The maximum atomic E-state index is 5.81. The third-order valence-electron chi connectivity index (χ3n) is 2.10. The number of hydrogen-bond donors (Lipinski definition) is 0. The van der Waals surface area contributed by atoms with Gasteiger partial charge in [-0.1, -0.05) is 25.5 Å². The first kappa shape index (κ1) is 12.4. The third-order valence-corrected chi connectivity index (χ3v) is 2.10. The van der Waals surface area contributed by atoms with Crippen molar-refractivity contribution in [1.82, 2.24) is 0 Å². The summed E-state index contributed by atoms with van der Waals surface area (Å²) in [5, 5.41) is 0. The predicted octanol–water partition coefficient (Wildman–Crippen LogP) is 3.71. The molecule has 13 heavy (non-hydrogen) atoms. The van der Waals surface area contributed by atoms with E-state index in [4.69, 9.17) is 4.74 Å². The van der Waals surface area contributed by atoms with Crippen molar-refractivity contribution >= 4 is 0 Å². The van der Waals surface area contributed by atoms with Gasteiger partial charge >= 0.3 is 0 Å². The van der Waals surface area contributed by atoms with Gasteiger partial charge in [-0.15, -0.1) is 13.2 Å². The number of unbranched alkanes of at least 4 members (excludes halogenated alkanes) is 1. The van der Waals surface area contributed by atoms with E-state index in [0.29, 0.717) is 0 Å². The van der Waals surface area contributed by atoms with Crippen LogP contribution >= 0.6 is 0 Å². The van der Waals surface area contributed by atoms with Crippen molar-refractivity contribution in [2.75, 3.05) is 6.61 Å². The highest BCUT2D eigenvalue weighted by atomic mass is 16.5. The summed E-state index contributed by atoms with van der Waals surface area (Å²) in [6.07, 6.45) is 7.92. The first-order valence-electron chi connectivity index (χ1n) is 5.04. The predicted molar refractivity (Wildman–Crippen MR) is 58.9 cm³/mol. The second-order valence-electron chi connectivity index (χ2n) is 3.64. The molecule has 0 fully saturated rings. The Morgan fingerprint density at radius 1 is 1.23 bits per heavy atom. The van der Waals surface area contributed by atoms with Gasteiger partial charge in [0, 0.05) is 6.61 Å². The lowest BCUT2D eigenvalue weighted by molar-refractivity contribution is -0.0282. The van der Waals surface area contributed by atoms with Crippen LogP contribution in [0.25, 0.3) is 0 Å². The fourth-order valence-electron chi connectivity index (χ4n) is 1.27. The summed E-state index contributed by atoms with van der Waals surface area (Å²) in [5.74, 6) is 0. The van der Waals surface area contributed by atoms with E-state index in [0.717, 1.165) is 25.9 Å². The Morgan fingerprint density at radius 2 is 1.77 bits per heavy atom. The molecule has 0 aromatic carbocycles. The van der Waals surface area contributed by atoms with E-state index < -0.39 is 0 Å². The fourth-order valence-corrected chi connectivity index (χ4v) is 1.27. The molecule has 0 aliphatic carbocycles. The van der Waals surface area contributed by atoms with Gasteiger partial charge in [0.1, 0.15) is 0 Å². The molecule has 0 saturated carbocycles. The maximum Gasteiger partial charge on any atom is 0.0722 e. The minimum Gasteiger partial charge on any atom is -0.375 e. The molecule has 0 aliphatic heterocycles. The zero-order chi connectivity index (χ0) is 10.2. The van der Waals surface area contributed by atoms with Gasteiger partial charge in [-0.2, -0.15) is 0 Å². The van der Waals surface area contributed by atoms with E-state index in [1.807, 2.05) is 12.2 Å². The second-order valence-corrected chi connectivity index (χ2v) is 3.64. The Bertz CT molecular complexity index is 139. The van der Waals surface area contributed by atoms with E-state index >= 15 is 0 Å². The summed E-state index contributed by atoms with van der Waals surface area (Å²) in [6, 6.07) is 0. The average molecular weight is 182 g/mol. The van der Waals surface area contributed by atoms with Gasteiger partial charge in [-0.25, -0.2) is 0 Å². The molecular formula is C12H22O. The Morgan fingerprint density at radius 3 is 2.15 bits per heavy atom. The van der Waals surface area contributed by atoms with Gasteiger partial charge in [-0.3, -0.25) is 0 Å². The summed E-state index contributed by atoms with van der Waals surface area (Å²) in [6.45, 7) is 12.6. The van der Waals surface area contributed by atoms with Crippen LogP contribution in [-0.4, -0.2) is 12.2 Å². The monoisotopic (exact) mass is 182 g/mol. The van der Waals surface area contributed by atoms with Crippen LogP contribution in [0.5, 0.6) is 0 Å². The molecule has 76 valence electrons. The van der Waals surface area contributed by atoms with Gasteiger partial charge in [0.2, 0.25) is 0 Å². The SMILES string of the molecule is C=CCC(C)(CC=C)OCCCC. The zero-order valence-electron chi connectivity index (χ0n) is 9.01. The molecule has 0 unspecified atom stereocenters. The summed E-state index contributed by atoms with van der Waals surface area (Å²) >= 11 is 0. The van der Waals surface area contributed by atoms with Crippen LogP contribution in [0.1, 0.15) is 39.5 Å². The lowest BCUT2D eigenvalue weighted by Crippen LogP contribution is -2.27. The first-order chi connectivity index (χ1) is 6.18. The average Bonchev–Trinajstić information content (AvgIpc) is 2.05. The van der Waals surface area contributed by atoms with Crippen molar-refractivity contribution in [2.24, 2.45) is 0 Å². The fraction of sp³-hybridized carbons (Fsp3) is 0.667. The molecule has 0 amide bonds. The molecular weight excluding hydrogens is 160 g/mol. The highest BCUT2D eigenvalue weighted by molar-refractivity contribution is 4.90. The van der Waals surface area contributed by atoms with Crippen molar-refractivity contribution in [3.8, 4) is 0 Å². The minimum absolute atomic E-state index is 0.0847. The van der Waals surface area contributed by atoms with Crippen LogP contribution in [0.2, 0.25) is 0 Å². The lowest BCUT2D eigenvalue weighted by Gasteiger charge is -2.27. The van der Waals surface area contributed by atoms with Gasteiger partial charge < -0.3 is 4.74 Å². The van der Waals surface area contributed by atoms with Crippen LogP contribution in [0.4, 0.5) is 0 Å². The summed E-state index contributed by atoms with van der Waals surface area (Å²) in [5.41, 5.74) is -0.0847. The smallest absolute Gasteiger partial charge is 0.0722 e. The van der Waals surface area contributed by atoms with Gasteiger partial charge in [-0.05, 0) is 26.2 Å². The maximum absolute atomic E-state index is 5.81. The van der Waals surface area contributed by atoms with E-state index in [9.17, 15) is 0 Å². The highest BCUT2D eigenvalue weighted by Gasteiger charge is 2.20. The van der Waals surface area contributed by atoms with Crippen molar-refractivity contribution in [3.63, 3.8) is 0 Å². The molecule has 0 aromatic rings. The molecule has 0 radical (unpaired) electrons. The molecule has 0 spiro atoms. The molecule has 1 nitrogen and oxygen atoms in total. The summed E-state index contributed by atoms with van der Waals surface area (Å²) in [7, 11) is 0. The van der Waals surface area contributed by atoms with Crippen LogP contribution in [0, 0.1) is 0 Å². The van der Waals surface area contributed by atoms with Crippen molar-refractivity contribution in [1.29, 1.82) is 0 Å². The Balaban J connectivity index is 3.90. The van der Waals surface area contributed by atoms with E-state index in [2.05, 4.69) is 27.0 Å². The first-order valence-corrected chi connectivity index (χ1v) is 5.04. The number of hydrogen-bond acceptors (Lipinski definition) is 1.